The van der Waals surface area contributed by atoms with Gasteiger partial charge in [-0.05, 0) is 51.6 Å². The van der Waals surface area contributed by atoms with E-state index in [1.165, 1.54) is 18.4 Å². The van der Waals surface area contributed by atoms with Gasteiger partial charge in [-0.1, -0.05) is 0 Å². The van der Waals surface area contributed by atoms with Gasteiger partial charge in [-0.25, -0.2) is 0 Å². The molecule has 0 amide bonds. The molecule has 4 heteroatoms. The zero-order valence-electron chi connectivity index (χ0n) is 13.0. The first-order valence-electron chi connectivity index (χ1n) is 7.31. The highest BCUT2D eigenvalue weighted by Gasteiger charge is 2.21. The quantitative estimate of drug-likeness (QED) is 0.866. The van der Waals surface area contributed by atoms with E-state index in [1.807, 2.05) is 12.1 Å². The SMILES string of the molecule is COc1ccc(OC)c(C(C)N(C)CC2CCCN2)c1. The fourth-order valence-corrected chi connectivity index (χ4v) is 2.82. The molecule has 4 nitrogen and oxygen atoms in total. The van der Waals surface area contributed by atoms with E-state index in [0.717, 1.165) is 24.6 Å². The highest BCUT2D eigenvalue weighted by molar-refractivity contribution is 5.42. The molecule has 2 atom stereocenters. The Hall–Kier alpha value is -1.26. The van der Waals surface area contributed by atoms with Gasteiger partial charge >= 0.3 is 0 Å². The van der Waals surface area contributed by atoms with Gasteiger partial charge in [0.15, 0.2) is 0 Å². The zero-order chi connectivity index (χ0) is 14.5. The molecule has 0 aliphatic carbocycles. The van der Waals surface area contributed by atoms with Gasteiger partial charge in [0.05, 0.1) is 14.2 Å². The number of ether oxygens (including phenoxy) is 2. The number of hydrogen-bond acceptors (Lipinski definition) is 4. The van der Waals surface area contributed by atoms with Crippen molar-refractivity contribution in [3.63, 3.8) is 0 Å². The Morgan fingerprint density at radius 3 is 2.75 bits per heavy atom. The molecule has 1 fully saturated rings. The molecule has 0 spiro atoms. The van der Waals surface area contributed by atoms with E-state index >= 15 is 0 Å². The molecule has 0 saturated carbocycles. The molecule has 0 bridgehead atoms. The lowest BCUT2D eigenvalue weighted by Gasteiger charge is -2.29. The van der Waals surface area contributed by atoms with E-state index in [0.29, 0.717) is 12.1 Å². The number of likely N-dealkylation sites (N-methyl/N-ethyl adjacent to an activating group) is 1. The highest BCUT2D eigenvalue weighted by atomic mass is 16.5. The van der Waals surface area contributed by atoms with Gasteiger partial charge in [-0.3, -0.25) is 4.90 Å². The second-order valence-corrected chi connectivity index (χ2v) is 5.52. The van der Waals surface area contributed by atoms with Crippen LogP contribution in [0.4, 0.5) is 0 Å². The van der Waals surface area contributed by atoms with Crippen molar-refractivity contribution in [2.24, 2.45) is 0 Å². The molecule has 1 saturated heterocycles. The molecule has 1 aliphatic rings. The molecule has 1 heterocycles. The summed E-state index contributed by atoms with van der Waals surface area (Å²) < 4.78 is 10.8. The molecular formula is C16H26N2O2. The van der Waals surface area contributed by atoms with Crippen LogP contribution in [-0.4, -0.2) is 45.3 Å². The Bertz CT molecular complexity index is 430. The van der Waals surface area contributed by atoms with Crippen LogP contribution in [0.1, 0.15) is 31.4 Å². The Morgan fingerprint density at radius 2 is 2.15 bits per heavy atom. The average molecular weight is 278 g/mol. The molecule has 0 aromatic heterocycles. The monoisotopic (exact) mass is 278 g/mol. The van der Waals surface area contributed by atoms with Gasteiger partial charge in [0, 0.05) is 24.2 Å². The standard InChI is InChI=1S/C16H26N2O2/c1-12(18(2)11-13-6-5-9-17-13)15-10-14(19-3)7-8-16(15)20-4/h7-8,10,12-13,17H,5-6,9,11H2,1-4H3. The van der Waals surface area contributed by atoms with Crippen molar-refractivity contribution in [2.75, 3.05) is 34.4 Å². The number of nitrogens with one attached hydrogen (secondary N) is 1. The molecule has 1 aromatic carbocycles. The normalized spacial score (nSPS) is 20.1. The predicted octanol–water partition coefficient (Wildman–Crippen LogP) is 2.45. The number of benzene rings is 1. The molecular weight excluding hydrogens is 252 g/mol. The summed E-state index contributed by atoms with van der Waals surface area (Å²) in [6.45, 7) is 4.42. The van der Waals surface area contributed by atoms with Crippen LogP contribution in [0.3, 0.4) is 0 Å². The third-order valence-electron chi connectivity index (χ3n) is 4.22. The van der Waals surface area contributed by atoms with Crippen molar-refractivity contribution in [1.29, 1.82) is 0 Å². The number of methoxy groups -OCH3 is 2. The Labute approximate surface area is 122 Å². The first kappa shape index (κ1) is 15.1. The fraction of sp³-hybridized carbons (Fsp3) is 0.625. The first-order valence-corrected chi connectivity index (χ1v) is 7.31. The molecule has 0 radical (unpaired) electrons. The minimum absolute atomic E-state index is 0.294. The van der Waals surface area contributed by atoms with Crippen molar-refractivity contribution in [3.05, 3.63) is 23.8 Å². The zero-order valence-corrected chi connectivity index (χ0v) is 13.0. The van der Waals surface area contributed by atoms with Gasteiger partial charge in [0.25, 0.3) is 0 Å². The van der Waals surface area contributed by atoms with Crippen molar-refractivity contribution < 1.29 is 9.47 Å². The number of hydrogen-bond donors (Lipinski definition) is 1. The van der Waals surface area contributed by atoms with E-state index in [2.05, 4.69) is 30.3 Å². The van der Waals surface area contributed by atoms with E-state index in [1.54, 1.807) is 14.2 Å². The van der Waals surface area contributed by atoms with Gasteiger partial charge in [0.1, 0.15) is 11.5 Å². The minimum atomic E-state index is 0.294. The molecule has 2 rings (SSSR count). The number of rotatable bonds is 6. The summed E-state index contributed by atoms with van der Waals surface area (Å²) in [7, 11) is 5.59. The molecule has 20 heavy (non-hydrogen) atoms. The molecule has 1 N–H and O–H groups in total. The van der Waals surface area contributed by atoms with Crippen LogP contribution in [-0.2, 0) is 0 Å². The summed E-state index contributed by atoms with van der Waals surface area (Å²) >= 11 is 0. The highest BCUT2D eigenvalue weighted by Crippen LogP contribution is 2.32. The lowest BCUT2D eigenvalue weighted by molar-refractivity contribution is 0.233. The van der Waals surface area contributed by atoms with Gasteiger partial charge < -0.3 is 14.8 Å². The van der Waals surface area contributed by atoms with Crippen LogP contribution in [0.2, 0.25) is 0 Å². The minimum Gasteiger partial charge on any atom is -0.497 e. The van der Waals surface area contributed by atoms with Gasteiger partial charge in [-0.15, -0.1) is 0 Å². The second-order valence-electron chi connectivity index (χ2n) is 5.52. The third kappa shape index (κ3) is 3.44. The topological polar surface area (TPSA) is 33.7 Å². The van der Waals surface area contributed by atoms with Gasteiger partial charge in [-0.2, -0.15) is 0 Å². The second kappa shape index (κ2) is 6.95. The summed E-state index contributed by atoms with van der Waals surface area (Å²) in [5.74, 6) is 1.80. The lowest BCUT2D eigenvalue weighted by Crippen LogP contribution is -2.36. The number of nitrogens with zero attached hydrogens (tertiary/aromatic N) is 1. The Balaban J connectivity index is 2.11. The van der Waals surface area contributed by atoms with Crippen LogP contribution in [0.5, 0.6) is 11.5 Å². The molecule has 112 valence electrons. The maximum absolute atomic E-state index is 5.49. The predicted molar refractivity (Wildman–Crippen MR) is 81.6 cm³/mol. The molecule has 2 unspecified atom stereocenters. The lowest BCUT2D eigenvalue weighted by atomic mass is 10.0. The fourth-order valence-electron chi connectivity index (χ4n) is 2.82. The van der Waals surface area contributed by atoms with E-state index < -0.39 is 0 Å². The maximum atomic E-state index is 5.49. The maximum Gasteiger partial charge on any atom is 0.123 e. The van der Waals surface area contributed by atoms with Crippen LogP contribution in [0.15, 0.2) is 18.2 Å². The molecule has 1 aliphatic heterocycles. The van der Waals surface area contributed by atoms with E-state index in [-0.39, 0.29) is 0 Å². The summed E-state index contributed by atoms with van der Waals surface area (Å²) in [5, 5.41) is 3.55. The van der Waals surface area contributed by atoms with Crippen LogP contribution >= 0.6 is 0 Å². The average Bonchev–Trinajstić information content (AvgIpc) is 2.98. The van der Waals surface area contributed by atoms with E-state index in [9.17, 15) is 0 Å². The van der Waals surface area contributed by atoms with Crippen molar-refractivity contribution in [1.82, 2.24) is 10.2 Å². The smallest absolute Gasteiger partial charge is 0.123 e. The van der Waals surface area contributed by atoms with Crippen molar-refractivity contribution in [3.8, 4) is 11.5 Å². The van der Waals surface area contributed by atoms with Gasteiger partial charge in [0.2, 0.25) is 0 Å². The van der Waals surface area contributed by atoms with Crippen LogP contribution in [0, 0.1) is 0 Å². The summed E-state index contributed by atoms with van der Waals surface area (Å²) in [6.07, 6.45) is 2.56. The van der Waals surface area contributed by atoms with Crippen LogP contribution in [0.25, 0.3) is 0 Å². The Kier molecular flexibility index (Phi) is 5.26. The first-order chi connectivity index (χ1) is 9.65. The van der Waals surface area contributed by atoms with E-state index in [4.69, 9.17) is 9.47 Å². The Morgan fingerprint density at radius 1 is 1.35 bits per heavy atom. The summed E-state index contributed by atoms with van der Waals surface area (Å²) in [6, 6.07) is 6.89. The van der Waals surface area contributed by atoms with Crippen molar-refractivity contribution in [2.45, 2.75) is 31.8 Å². The molecule has 1 aromatic rings. The van der Waals surface area contributed by atoms with Crippen molar-refractivity contribution >= 4 is 0 Å². The summed E-state index contributed by atoms with van der Waals surface area (Å²) in [4.78, 5) is 2.38. The summed E-state index contributed by atoms with van der Waals surface area (Å²) in [5.41, 5.74) is 1.17. The third-order valence-corrected chi connectivity index (χ3v) is 4.22. The van der Waals surface area contributed by atoms with Crippen LogP contribution < -0.4 is 14.8 Å². The largest absolute Gasteiger partial charge is 0.497 e.